The molecule has 4 N–H and O–H groups in total. The molecule has 0 fully saturated rings. The third-order valence-electron chi connectivity index (χ3n) is 3.59. The van der Waals surface area contributed by atoms with Crippen LogP contribution in [-0.2, 0) is 0 Å². The van der Waals surface area contributed by atoms with Crippen molar-refractivity contribution >= 4 is 11.0 Å². The fraction of sp³-hybridized carbons (Fsp3) is 0.118. The zero-order valence-electron chi connectivity index (χ0n) is 13.3. The standard InChI is InChI=1S/C17H14O7.BrH/c1-22-9-5-14(23-2)10-7-13(20)17(24-15(10)6-9)8-3-11(18)16(21)12(19)4-8;/h3-7H,1-2H3,(H3-,18,19,20,21);1H. The number of hydrogen-bond donors (Lipinski definition) is 4. The number of fused-ring (bicyclic) bond motifs is 1. The lowest BCUT2D eigenvalue weighted by Crippen LogP contribution is -3.00. The summed E-state index contributed by atoms with van der Waals surface area (Å²) in [5.41, 5.74) is 0.551. The van der Waals surface area contributed by atoms with Gasteiger partial charge in [0.25, 0.3) is 0 Å². The van der Waals surface area contributed by atoms with Crippen molar-refractivity contribution in [2.24, 2.45) is 0 Å². The van der Waals surface area contributed by atoms with E-state index in [1.165, 1.54) is 20.3 Å². The van der Waals surface area contributed by atoms with Crippen LogP contribution in [0.25, 0.3) is 22.3 Å². The summed E-state index contributed by atoms with van der Waals surface area (Å²) >= 11 is 0. The molecule has 0 amide bonds. The summed E-state index contributed by atoms with van der Waals surface area (Å²) in [4.78, 5) is 0. The molecule has 0 radical (unpaired) electrons. The highest BCUT2D eigenvalue weighted by molar-refractivity contribution is 5.89. The van der Waals surface area contributed by atoms with Crippen LogP contribution >= 0.6 is 0 Å². The Hall–Kier alpha value is -2.87. The highest BCUT2D eigenvalue weighted by Gasteiger charge is 2.26. The Bertz CT molecular complexity index is 917. The first-order valence-corrected chi connectivity index (χ1v) is 6.91. The van der Waals surface area contributed by atoms with E-state index in [4.69, 9.17) is 13.9 Å². The van der Waals surface area contributed by atoms with E-state index < -0.39 is 17.2 Å². The molecule has 0 aliphatic carbocycles. The second-order valence-corrected chi connectivity index (χ2v) is 5.07. The molecule has 0 unspecified atom stereocenters. The largest absolute Gasteiger partial charge is 1.00 e. The predicted octanol–water partition coefficient (Wildman–Crippen LogP) is 0.225. The van der Waals surface area contributed by atoms with Gasteiger partial charge in [-0.1, -0.05) is 0 Å². The van der Waals surface area contributed by atoms with E-state index in [9.17, 15) is 20.4 Å². The Balaban J connectivity index is 0.00000225. The van der Waals surface area contributed by atoms with Gasteiger partial charge in [-0.2, -0.15) is 0 Å². The summed E-state index contributed by atoms with van der Waals surface area (Å²) in [5, 5.41) is 39.5. The number of phenols is 3. The average molecular weight is 411 g/mol. The Morgan fingerprint density at radius 2 is 1.44 bits per heavy atom. The molecule has 3 aromatic rings. The van der Waals surface area contributed by atoms with Crippen molar-refractivity contribution in [3.8, 4) is 45.8 Å². The summed E-state index contributed by atoms with van der Waals surface area (Å²) in [7, 11) is 2.98. The van der Waals surface area contributed by atoms with Crippen LogP contribution in [0.15, 0.2) is 34.7 Å². The van der Waals surface area contributed by atoms with E-state index in [0.717, 1.165) is 12.1 Å². The molecule has 25 heavy (non-hydrogen) atoms. The molecule has 0 aliphatic heterocycles. The number of benzene rings is 2. The van der Waals surface area contributed by atoms with Gasteiger partial charge in [0.05, 0.1) is 25.8 Å². The minimum absolute atomic E-state index is 0. The van der Waals surface area contributed by atoms with Gasteiger partial charge in [-0.3, -0.25) is 0 Å². The molecule has 8 heteroatoms. The lowest BCUT2D eigenvalue weighted by atomic mass is 10.1. The van der Waals surface area contributed by atoms with Gasteiger partial charge >= 0.3 is 11.3 Å². The van der Waals surface area contributed by atoms with Crippen LogP contribution in [0.1, 0.15) is 0 Å². The van der Waals surface area contributed by atoms with Gasteiger partial charge in [-0.05, 0) is 0 Å². The van der Waals surface area contributed by atoms with Gasteiger partial charge in [-0.15, -0.1) is 0 Å². The van der Waals surface area contributed by atoms with Crippen LogP contribution in [0.4, 0.5) is 0 Å². The molecule has 1 heterocycles. The molecular formula is C17H15BrO7. The number of phenolic OH excluding ortho intramolecular Hbond substituents is 3. The van der Waals surface area contributed by atoms with Gasteiger partial charge in [-0.25, -0.2) is 4.42 Å². The summed E-state index contributed by atoms with van der Waals surface area (Å²) in [6.45, 7) is 0. The highest BCUT2D eigenvalue weighted by atomic mass is 79.9. The SMILES string of the molecule is COc1cc(OC)c2cc(O)c(-c3cc(O)c(O)c(O)c3)[o+]c2c1.[Br-]. The van der Waals surface area contributed by atoms with Crippen LogP contribution in [0.3, 0.4) is 0 Å². The van der Waals surface area contributed by atoms with E-state index in [0.29, 0.717) is 22.5 Å². The molecule has 0 aliphatic rings. The molecule has 1 aromatic heterocycles. The fourth-order valence-corrected chi connectivity index (χ4v) is 2.40. The summed E-state index contributed by atoms with van der Waals surface area (Å²) in [5.74, 6) is -1.01. The maximum Gasteiger partial charge on any atom is 0.402 e. The topological polar surface area (TPSA) is 111 Å². The normalized spacial score (nSPS) is 10.3. The minimum Gasteiger partial charge on any atom is -1.00 e. The number of aromatic hydroxyl groups is 4. The van der Waals surface area contributed by atoms with E-state index in [1.807, 2.05) is 0 Å². The zero-order valence-corrected chi connectivity index (χ0v) is 14.9. The Labute approximate surface area is 153 Å². The molecule has 3 rings (SSSR count). The number of methoxy groups -OCH3 is 2. The fourth-order valence-electron chi connectivity index (χ4n) is 2.40. The number of ether oxygens (including phenoxy) is 2. The second-order valence-electron chi connectivity index (χ2n) is 5.07. The highest BCUT2D eigenvalue weighted by Crippen LogP contribution is 2.43. The monoisotopic (exact) mass is 410 g/mol. The molecule has 0 saturated carbocycles. The maximum absolute atomic E-state index is 10.3. The van der Waals surface area contributed by atoms with Crippen molar-refractivity contribution in [3.63, 3.8) is 0 Å². The Kier molecular flexibility index (Phi) is 5.13. The van der Waals surface area contributed by atoms with Crippen molar-refractivity contribution in [2.75, 3.05) is 14.2 Å². The number of halogens is 1. The first kappa shape index (κ1) is 18.5. The average Bonchev–Trinajstić information content (AvgIpc) is 2.57. The van der Waals surface area contributed by atoms with E-state index in [1.54, 1.807) is 12.1 Å². The van der Waals surface area contributed by atoms with Gasteiger partial charge in [0.15, 0.2) is 17.2 Å². The Morgan fingerprint density at radius 3 is 2.00 bits per heavy atom. The summed E-state index contributed by atoms with van der Waals surface area (Å²) < 4.78 is 16.1. The van der Waals surface area contributed by atoms with Crippen molar-refractivity contribution in [1.82, 2.24) is 0 Å². The summed E-state index contributed by atoms with van der Waals surface area (Å²) in [6.07, 6.45) is 0. The van der Waals surface area contributed by atoms with Crippen molar-refractivity contribution < 1.29 is 51.3 Å². The lowest BCUT2D eigenvalue weighted by molar-refractivity contribution is -0.00000943. The van der Waals surface area contributed by atoms with Crippen molar-refractivity contribution in [1.29, 1.82) is 0 Å². The molecular weight excluding hydrogens is 396 g/mol. The quantitative estimate of drug-likeness (QED) is 0.361. The van der Waals surface area contributed by atoms with Crippen LogP contribution in [-0.4, -0.2) is 34.6 Å². The van der Waals surface area contributed by atoms with Gasteiger partial charge in [0.2, 0.25) is 5.75 Å². The zero-order chi connectivity index (χ0) is 17.4. The van der Waals surface area contributed by atoms with Crippen molar-refractivity contribution in [3.05, 3.63) is 30.3 Å². The predicted molar refractivity (Wildman–Crippen MR) is 85.8 cm³/mol. The molecule has 0 saturated heterocycles. The first-order valence-electron chi connectivity index (χ1n) is 6.91. The Morgan fingerprint density at radius 1 is 0.800 bits per heavy atom. The smallest absolute Gasteiger partial charge is 0.402 e. The molecule has 0 spiro atoms. The molecule has 0 atom stereocenters. The second kappa shape index (κ2) is 6.94. The maximum atomic E-state index is 10.3. The van der Waals surface area contributed by atoms with Gasteiger partial charge in [0, 0.05) is 24.3 Å². The van der Waals surface area contributed by atoms with Crippen molar-refractivity contribution in [2.45, 2.75) is 0 Å². The summed E-state index contributed by atoms with van der Waals surface area (Å²) in [6, 6.07) is 7.02. The lowest BCUT2D eigenvalue weighted by Gasteiger charge is -2.06. The molecule has 7 nitrogen and oxygen atoms in total. The van der Waals surface area contributed by atoms with Crippen LogP contribution in [0, 0.1) is 0 Å². The van der Waals surface area contributed by atoms with E-state index in [2.05, 4.69) is 0 Å². The van der Waals surface area contributed by atoms with E-state index >= 15 is 0 Å². The first-order chi connectivity index (χ1) is 11.4. The number of rotatable bonds is 3. The molecule has 0 bridgehead atoms. The molecule has 2 aromatic carbocycles. The minimum atomic E-state index is -0.651. The van der Waals surface area contributed by atoms with E-state index in [-0.39, 0.29) is 34.1 Å². The van der Waals surface area contributed by atoms with Gasteiger partial charge < -0.3 is 46.9 Å². The van der Waals surface area contributed by atoms with Crippen LogP contribution < -0.4 is 26.5 Å². The third kappa shape index (κ3) is 3.20. The number of hydrogen-bond acceptors (Lipinski definition) is 6. The molecule has 132 valence electrons. The van der Waals surface area contributed by atoms with Crippen LogP contribution in [0.5, 0.6) is 34.5 Å². The van der Waals surface area contributed by atoms with Gasteiger partial charge in [0.1, 0.15) is 16.9 Å². The third-order valence-corrected chi connectivity index (χ3v) is 3.59. The van der Waals surface area contributed by atoms with Crippen LogP contribution in [0.2, 0.25) is 0 Å².